The van der Waals surface area contributed by atoms with Gasteiger partial charge in [0.1, 0.15) is 0 Å². The fourth-order valence-electron chi connectivity index (χ4n) is 4.22. The minimum absolute atomic E-state index is 0.785. The molecule has 0 aromatic carbocycles. The Labute approximate surface area is 98.7 Å². The number of nitrogens with one attached hydrogen (secondary N) is 1. The molecule has 1 N–H and O–H groups in total. The normalized spacial score (nSPS) is 42.9. The largest absolute Gasteiger partial charge is 0.316 e. The molecule has 0 aromatic heterocycles. The summed E-state index contributed by atoms with van der Waals surface area (Å²) in [6.45, 7) is 2.62. The molecule has 3 atom stereocenters. The molecule has 1 nitrogen and oxygen atoms in total. The predicted octanol–water partition coefficient (Wildman–Crippen LogP) is 2.98. The van der Waals surface area contributed by atoms with E-state index in [1.54, 1.807) is 0 Å². The van der Waals surface area contributed by atoms with E-state index in [0.29, 0.717) is 0 Å². The third-order valence-corrected chi connectivity index (χ3v) is 5.64. The molecule has 0 amide bonds. The van der Waals surface area contributed by atoms with Gasteiger partial charge in [0.15, 0.2) is 0 Å². The Balaban J connectivity index is 1.26. The van der Waals surface area contributed by atoms with E-state index < -0.39 is 0 Å². The summed E-state index contributed by atoms with van der Waals surface area (Å²) in [6, 6.07) is 0. The van der Waals surface area contributed by atoms with Gasteiger partial charge >= 0.3 is 0 Å². The van der Waals surface area contributed by atoms with E-state index in [2.05, 4.69) is 17.5 Å². The van der Waals surface area contributed by atoms with E-state index in [-0.39, 0.29) is 0 Å². The van der Waals surface area contributed by atoms with Crippen LogP contribution in [0.5, 0.6) is 0 Å². The van der Waals surface area contributed by atoms with Crippen molar-refractivity contribution >= 4 is 0 Å². The van der Waals surface area contributed by atoms with Gasteiger partial charge < -0.3 is 5.32 Å². The van der Waals surface area contributed by atoms with E-state index in [0.717, 1.165) is 29.1 Å². The van der Waals surface area contributed by atoms with Crippen LogP contribution in [0.4, 0.5) is 0 Å². The van der Waals surface area contributed by atoms with Crippen LogP contribution in [0, 0.1) is 29.1 Å². The molecule has 4 aliphatic carbocycles. The highest BCUT2D eigenvalue weighted by Crippen LogP contribution is 2.60. The Morgan fingerprint density at radius 1 is 1.12 bits per heavy atom. The van der Waals surface area contributed by atoms with Gasteiger partial charge in [0.05, 0.1) is 0 Å². The number of rotatable bonds is 5. The van der Waals surface area contributed by atoms with Crippen LogP contribution in [-0.2, 0) is 0 Å². The highest BCUT2D eigenvalue weighted by molar-refractivity contribution is 5.11. The summed E-state index contributed by atoms with van der Waals surface area (Å²) in [4.78, 5) is 0. The molecule has 0 aliphatic heterocycles. The summed E-state index contributed by atoms with van der Waals surface area (Å²) in [5.41, 5.74) is 0.785. The summed E-state index contributed by atoms with van der Waals surface area (Å²) in [5.74, 6) is 3.94. The predicted molar refractivity (Wildman–Crippen MR) is 66.1 cm³/mol. The first kappa shape index (κ1) is 9.70. The molecule has 0 saturated heterocycles. The number of hydrogen-bond donors (Lipinski definition) is 1. The lowest BCUT2D eigenvalue weighted by Crippen LogP contribution is -2.31. The zero-order valence-electron chi connectivity index (χ0n) is 10.1. The van der Waals surface area contributed by atoms with Crippen LogP contribution in [0.2, 0.25) is 0 Å². The van der Waals surface area contributed by atoms with Crippen molar-refractivity contribution < 1.29 is 0 Å². The first-order chi connectivity index (χ1) is 7.86. The van der Waals surface area contributed by atoms with Gasteiger partial charge in [-0.2, -0.15) is 0 Å². The lowest BCUT2D eigenvalue weighted by molar-refractivity contribution is 0.356. The van der Waals surface area contributed by atoms with Gasteiger partial charge in [-0.25, -0.2) is 0 Å². The Morgan fingerprint density at radius 3 is 2.56 bits per heavy atom. The van der Waals surface area contributed by atoms with Crippen molar-refractivity contribution in [1.29, 1.82) is 0 Å². The quantitative estimate of drug-likeness (QED) is 0.698. The van der Waals surface area contributed by atoms with Crippen molar-refractivity contribution in [3.8, 4) is 0 Å². The first-order valence-corrected chi connectivity index (χ1v) is 7.25. The third kappa shape index (κ3) is 1.55. The van der Waals surface area contributed by atoms with Crippen LogP contribution in [0.15, 0.2) is 12.2 Å². The zero-order chi connectivity index (χ0) is 10.6. The van der Waals surface area contributed by atoms with E-state index in [4.69, 9.17) is 0 Å². The summed E-state index contributed by atoms with van der Waals surface area (Å²) in [7, 11) is 0. The summed E-state index contributed by atoms with van der Waals surface area (Å²) in [5, 5.41) is 3.80. The van der Waals surface area contributed by atoms with Crippen LogP contribution in [0.3, 0.4) is 0 Å². The molecule has 3 unspecified atom stereocenters. The molecule has 3 saturated carbocycles. The van der Waals surface area contributed by atoms with Crippen LogP contribution in [0.25, 0.3) is 0 Å². The molecule has 0 radical (unpaired) electrons. The van der Waals surface area contributed by atoms with Crippen molar-refractivity contribution in [3.05, 3.63) is 12.2 Å². The molecule has 1 heteroatoms. The Kier molecular flexibility index (Phi) is 2.03. The number of fused-ring (bicyclic) bond motifs is 2. The van der Waals surface area contributed by atoms with Crippen molar-refractivity contribution in [3.63, 3.8) is 0 Å². The highest BCUT2D eigenvalue weighted by Gasteiger charge is 2.53. The van der Waals surface area contributed by atoms with Crippen LogP contribution >= 0.6 is 0 Å². The maximum Gasteiger partial charge on any atom is 0.00106 e. The van der Waals surface area contributed by atoms with E-state index >= 15 is 0 Å². The average molecular weight is 217 g/mol. The molecule has 2 bridgehead atoms. The highest BCUT2D eigenvalue weighted by atomic mass is 14.9. The van der Waals surface area contributed by atoms with Gasteiger partial charge in [0.25, 0.3) is 0 Å². The lowest BCUT2D eigenvalue weighted by Gasteiger charge is -2.21. The Hall–Kier alpha value is -0.300. The molecular weight excluding hydrogens is 194 g/mol. The van der Waals surface area contributed by atoms with Gasteiger partial charge in [-0.05, 0) is 74.2 Å². The molecule has 0 heterocycles. The molecule has 88 valence electrons. The van der Waals surface area contributed by atoms with Crippen LogP contribution in [-0.4, -0.2) is 13.1 Å². The van der Waals surface area contributed by atoms with Crippen molar-refractivity contribution in [2.45, 2.75) is 38.5 Å². The third-order valence-electron chi connectivity index (χ3n) is 5.64. The maximum absolute atomic E-state index is 3.80. The second-order valence-corrected chi connectivity index (χ2v) is 6.81. The fraction of sp³-hybridized carbons (Fsp3) is 0.867. The van der Waals surface area contributed by atoms with Gasteiger partial charge in [0, 0.05) is 6.54 Å². The van der Waals surface area contributed by atoms with Crippen molar-refractivity contribution in [2.24, 2.45) is 29.1 Å². The summed E-state index contributed by atoms with van der Waals surface area (Å²) in [6.07, 6.45) is 13.9. The number of allylic oxidation sites excluding steroid dienone is 2. The van der Waals surface area contributed by atoms with Gasteiger partial charge in [0.2, 0.25) is 0 Å². The molecule has 4 rings (SSSR count). The number of hydrogen-bond acceptors (Lipinski definition) is 1. The Bertz CT molecular complexity index is 311. The SMILES string of the molecule is C1=CC2CC1CC2CNCC1(C2CC2)CC1. The van der Waals surface area contributed by atoms with Crippen molar-refractivity contribution in [2.75, 3.05) is 13.1 Å². The molecular formula is C15H23N. The minimum atomic E-state index is 0.785. The smallest absolute Gasteiger partial charge is 0.00106 e. The summed E-state index contributed by atoms with van der Waals surface area (Å²) >= 11 is 0. The first-order valence-electron chi connectivity index (χ1n) is 7.25. The molecule has 0 aromatic rings. The fourth-order valence-corrected chi connectivity index (χ4v) is 4.22. The van der Waals surface area contributed by atoms with Gasteiger partial charge in [-0.1, -0.05) is 12.2 Å². The molecule has 16 heavy (non-hydrogen) atoms. The van der Waals surface area contributed by atoms with Gasteiger partial charge in [-0.3, -0.25) is 0 Å². The van der Waals surface area contributed by atoms with Gasteiger partial charge in [-0.15, -0.1) is 0 Å². The van der Waals surface area contributed by atoms with Crippen molar-refractivity contribution in [1.82, 2.24) is 5.32 Å². The molecule has 3 fully saturated rings. The van der Waals surface area contributed by atoms with Crippen LogP contribution < -0.4 is 5.32 Å². The van der Waals surface area contributed by atoms with Crippen LogP contribution in [0.1, 0.15) is 38.5 Å². The topological polar surface area (TPSA) is 12.0 Å². The van der Waals surface area contributed by atoms with E-state index in [9.17, 15) is 0 Å². The summed E-state index contributed by atoms with van der Waals surface area (Å²) < 4.78 is 0. The lowest BCUT2D eigenvalue weighted by atomic mass is 9.93. The monoisotopic (exact) mass is 217 g/mol. The Morgan fingerprint density at radius 2 is 2.00 bits per heavy atom. The second kappa shape index (κ2) is 3.35. The molecule has 0 spiro atoms. The minimum Gasteiger partial charge on any atom is -0.316 e. The maximum atomic E-state index is 3.80. The standard InChI is InChI=1S/C15H23N/c1-2-12-7-11(1)8-13(12)9-16-10-15(5-6-15)14-3-4-14/h1-2,11-14,16H,3-10H2. The molecule has 4 aliphatic rings. The average Bonchev–Trinajstić information content (AvgIpc) is 3.18. The van der Waals surface area contributed by atoms with E-state index in [1.165, 1.54) is 51.6 Å². The zero-order valence-corrected chi connectivity index (χ0v) is 10.1. The second-order valence-electron chi connectivity index (χ2n) is 6.81. The van der Waals surface area contributed by atoms with E-state index in [1.807, 2.05) is 0 Å².